The number of pyridine rings is 1. The van der Waals surface area contributed by atoms with Gasteiger partial charge in [-0.1, -0.05) is 20.8 Å². The van der Waals surface area contributed by atoms with Crippen molar-refractivity contribution in [2.24, 2.45) is 0 Å². The molecule has 1 aliphatic heterocycles. The van der Waals surface area contributed by atoms with E-state index in [1.807, 2.05) is 6.20 Å². The first-order chi connectivity index (χ1) is 28.8. The van der Waals surface area contributed by atoms with E-state index in [4.69, 9.17) is 9.72 Å². The van der Waals surface area contributed by atoms with Crippen LogP contribution in [0.3, 0.4) is 0 Å². The van der Waals surface area contributed by atoms with Crippen molar-refractivity contribution in [2.45, 2.75) is 72.6 Å². The van der Waals surface area contributed by atoms with Gasteiger partial charge in [0.25, 0.3) is 0 Å². The molecular weight excluding hydrogens is 916 g/mol. The molecule has 3 heterocycles. The number of fused-ring (bicyclic) bond motifs is 2. The van der Waals surface area contributed by atoms with Crippen LogP contribution in [0.1, 0.15) is 68.9 Å². The number of aromatic nitrogens is 3. The van der Waals surface area contributed by atoms with Gasteiger partial charge in [-0.15, -0.1) is 0 Å². The predicted octanol–water partition coefficient (Wildman–Crippen LogP) is 14.1. The Morgan fingerprint density at radius 3 is 1.87 bits per heavy atom. The van der Waals surface area contributed by atoms with Crippen molar-refractivity contribution < 1.29 is 24.1 Å². The maximum atomic E-state index is 6.81. The summed E-state index contributed by atoms with van der Waals surface area (Å²) in [5.41, 5.74) is 17.0. The quantitative estimate of drug-likeness (QED) is 0.160. The van der Waals surface area contributed by atoms with E-state index in [1.165, 1.54) is 55.8 Å². The van der Waals surface area contributed by atoms with Gasteiger partial charge < -0.3 is 0 Å². The fourth-order valence-electron chi connectivity index (χ4n) is 8.96. The van der Waals surface area contributed by atoms with Crippen molar-refractivity contribution in [3.8, 4) is 45.1 Å². The van der Waals surface area contributed by atoms with Crippen molar-refractivity contribution in [2.75, 3.05) is 11.4 Å². The van der Waals surface area contributed by atoms with Crippen molar-refractivity contribution in [3.63, 3.8) is 0 Å². The van der Waals surface area contributed by atoms with Crippen LogP contribution < -0.4 is 9.64 Å². The number of hydrogen-bond acceptors (Lipinski definition) is 3. The Bertz CT molecular complexity index is 2900. The first-order valence-corrected chi connectivity index (χ1v) is 22.1. The number of nitrogens with zero attached hydrogens (tertiary/aromatic N) is 4. The molecule has 0 radical (unpaired) electrons. The minimum absolute atomic E-state index is 0.0279. The van der Waals surface area contributed by atoms with Crippen LogP contribution in [0.2, 0.25) is 0 Å². The molecule has 60 heavy (non-hydrogen) atoms. The second-order valence-electron chi connectivity index (χ2n) is 17.8. The third-order valence-electron chi connectivity index (χ3n) is 12.6. The zero-order valence-electron chi connectivity index (χ0n) is 35.8. The van der Waals surface area contributed by atoms with Gasteiger partial charge >= 0.3 is 323 Å². The molecule has 0 saturated carbocycles. The van der Waals surface area contributed by atoms with E-state index in [-0.39, 0.29) is 10.8 Å². The second-order valence-corrected chi connectivity index (χ2v) is 18.8. The first-order valence-electron chi connectivity index (χ1n) is 20.9. The monoisotopic (exact) mass is 967 g/mol. The van der Waals surface area contributed by atoms with E-state index >= 15 is 0 Å². The van der Waals surface area contributed by atoms with Gasteiger partial charge in [0.1, 0.15) is 0 Å². The van der Waals surface area contributed by atoms with Crippen LogP contribution in [-0.4, -0.2) is 20.7 Å². The standard InChI is InChI=1S/C54H52N4O.Pt/c1-36-37(2)50(39-18-11-9-12-19-39)52(51(38(36)3)40-20-13-10-14-21-40)58-35-57(46-24-15-16-25-47(46)58)42-22-17-23-43(33-42)59-44-26-27-45-48(34-44)56(31-29-54(45,7)8)49-32-41(28-30-55-49)53(4,5)6;/h9-28,30,32-34H,29,31H2,1-8H3;. The molecule has 0 atom stereocenters. The molecule has 0 amide bonds. The molecule has 6 heteroatoms. The normalized spacial score (nSPS) is 13.7. The van der Waals surface area contributed by atoms with Crippen LogP contribution in [0.4, 0.5) is 11.5 Å². The predicted molar refractivity (Wildman–Crippen MR) is 245 cm³/mol. The molecule has 0 spiro atoms. The fraction of sp³-hybridized carbons (Fsp3) is 0.222. The van der Waals surface area contributed by atoms with E-state index in [2.05, 4.69) is 228 Å². The Balaban J connectivity index is 1.18. The Labute approximate surface area is 365 Å². The number of para-hydroxylation sites is 2. The average Bonchev–Trinajstić information content (AvgIpc) is 3.54. The molecule has 0 bridgehead atoms. The van der Waals surface area contributed by atoms with Gasteiger partial charge in [-0.25, -0.2) is 0 Å². The number of anilines is 2. The number of ether oxygens (including phenoxy) is 1. The zero-order chi connectivity index (χ0) is 41.9. The Morgan fingerprint density at radius 2 is 1.23 bits per heavy atom. The summed E-state index contributed by atoms with van der Waals surface area (Å²) >= 11 is 2.53. The Hall–Kier alpha value is -5.77. The van der Waals surface area contributed by atoms with Gasteiger partial charge in [-0.2, -0.15) is 0 Å². The van der Waals surface area contributed by atoms with Crippen LogP contribution in [0.5, 0.6) is 11.5 Å². The van der Waals surface area contributed by atoms with Crippen LogP contribution >= 0.6 is 0 Å². The van der Waals surface area contributed by atoms with E-state index in [9.17, 15) is 0 Å². The van der Waals surface area contributed by atoms with Crippen LogP contribution in [0, 0.1) is 24.6 Å². The molecule has 0 unspecified atom stereocenters. The van der Waals surface area contributed by atoms with Crippen molar-refractivity contribution in [1.29, 1.82) is 0 Å². The summed E-state index contributed by atoms with van der Waals surface area (Å²) in [4.78, 5) is 7.25. The summed E-state index contributed by atoms with van der Waals surface area (Å²) in [7, 11) is 0. The summed E-state index contributed by atoms with van der Waals surface area (Å²) in [6, 6.07) is 49.9. The van der Waals surface area contributed by atoms with Gasteiger partial charge in [0.15, 0.2) is 0 Å². The summed E-state index contributed by atoms with van der Waals surface area (Å²) in [6.45, 7) is 19.1. The molecule has 0 N–H and O–H groups in total. The van der Waals surface area contributed by atoms with Crippen molar-refractivity contribution in [3.05, 3.63) is 177 Å². The average molecular weight is 968 g/mol. The molecule has 1 aliphatic rings. The van der Waals surface area contributed by atoms with Gasteiger partial charge in [0.2, 0.25) is 0 Å². The third kappa shape index (κ3) is 6.97. The molecule has 304 valence electrons. The van der Waals surface area contributed by atoms with E-state index in [0.717, 1.165) is 56.5 Å². The molecule has 9 rings (SSSR count). The Morgan fingerprint density at radius 1 is 0.633 bits per heavy atom. The van der Waals surface area contributed by atoms with Gasteiger partial charge in [0, 0.05) is 6.20 Å². The van der Waals surface area contributed by atoms with E-state index in [1.54, 1.807) is 0 Å². The molecule has 8 aromatic rings. The minimum atomic E-state index is 0.0279. The molecular formula is C54H52N4OPt. The van der Waals surface area contributed by atoms with E-state index < -0.39 is 0 Å². The molecule has 0 fully saturated rings. The second kappa shape index (κ2) is 15.4. The molecule has 6 aromatic carbocycles. The molecule has 5 nitrogen and oxygen atoms in total. The first kappa shape index (κ1) is 39.7. The van der Waals surface area contributed by atoms with Crippen LogP contribution in [-0.2, 0) is 30.2 Å². The fourth-order valence-corrected chi connectivity index (χ4v) is 10.1. The molecule has 0 aliphatic carbocycles. The number of benzene rings is 6. The van der Waals surface area contributed by atoms with Crippen molar-refractivity contribution in [1.82, 2.24) is 14.1 Å². The van der Waals surface area contributed by atoms with Gasteiger partial charge in [-0.05, 0) is 17.0 Å². The maximum absolute atomic E-state index is 6.81. The SMILES string of the molecule is Cc1c(C)c(-c2ccccc2)c(-n2[c](=[Pt])n(-c3cccc(Oc4ccc5c(c4)N(c4cc(C(C)(C)C)ccn4)CCC5(C)C)c3)c3ccccc32)c(-c2ccccc2)c1C. The van der Waals surface area contributed by atoms with Crippen molar-refractivity contribution >= 4 is 22.5 Å². The van der Waals surface area contributed by atoms with E-state index in [0.29, 0.717) is 0 Å². The summed E-state index contributed by atoms with van der Waals surface area (Å²) < 4.78 is 12.7. The number of rotatable bonds is 7. The third-order valence-corrected chi connectivity index (χ3v) is 13.6. The molecule has 0 saturated heterocycles. The Kier molecular flexibility index (Phi) is 10.2. The van der Waals surface area contributed by atoms with Gasteiger partial charge in [0.05, 0.1) is 0 Å². The summed E-state index contributed by atoms with van der Waals surface area (Å²) in [5, 5.41) is 0. The number of imidazole rings is 1. The number of hydrogen-bond donors (Lipinski definition) is 0. The van der Waals surface area contributed by atoms with Crippen LogP contribution in [0.15, 0.2) is 146 Å². The van der Waals surface area contributed by atoms with Crippen LogP contribution in [0.25, 0.3) is 44.7 Å². The zero-order valence-corrected chi connectivity index (χ0v) is 38.1. The molecule has 2 aromatic heterocycles. The van der Waals surface area contributed by atoms with Gasteiger partial charge in [-0.3, -0.25) is 0 Å². The topological polar surface area (TPSA) is 35.2 Å². The summed E-state index contributed by atoms with van der Waals surface area (Å²) in [6.07, 6.45) is 2.98. The summed E-state index contributed by atoms with van der Waals surface area (Å²) in [5.74, 6) is 2.55.